The van der Waals surface area contributed by atoms with Gasteiger partial charge in [-0.2, -0.15) is 0 Å². The van der Waals surface area contributed by atoms with Crippen LogP contribution in [0.1, 0.15) is 5.56 Å². The molecule has 3 nitrogen and oxygen atoms in total. The molecular weight excluding hydrogens is 240 g/mol. The van der Waals surface area contributed by atoms with Gasteiger partial charge < -0.3 is 9.15 Å². The third-order valence-electron chi connectivity index (χ3n) is 2.91. The first-order valence-electron chi connectivity index (χ1n) is 6.00. The van der Waals surface area contributed by atoms with Gasteiger partial charge in [-0.25, -0.2) is 4.79 Å². The number of rotatable bonds is 2. The third kappa shape index (κ3) is 2.22. The molecule has 0 atom stereocenters. The summed E-state index contributed by atoms with van der Waals surface area (Å²) in [6, 6.07) is 16.5. The lowest BCUT2D eigenvalue weighted by Gasteiger charge is -2.08. The zero-order valence-corrected chi connectivity index (χ0v) is 10.4. The Balaban J connectivity index is 2.16. The van der Waals surface area contributed by atoms with E-state index in [9.17, 15) is 4.79 Å². The first kappa shape index (κ1) is 11.5. The van der Waals surface area contributed by atoms with E-state index in [0.29, 0.717) is 17.1 Å². The lowest BCUT2D eigenvalue weighted by Crippen LogP contribution is -1.98. The van der Waals surface area contributed by atoms with Gasteiger partial charge in [0.25, 0.3) is 0 Å². The normalized spacial score (nSPS) is 10.6. The molecule has 3 rings (SSSR count). The fourth-order valence-electron chi connectivity index (χ4n) is 2.01. The molecule has 0 N–H and O–H groups in total. The molecule has 1 heterocycles. The molecule has 0 radical (unpaired) electrons. The zero-order valence-electron chi connectivity index (χ0n) is 10.4. The van der Waals surface area contributed by atoms with Crippen molar-refractivity contribution in [3.8, 4) is 11.5 Å². The molecule has 1 aromatic heterocycles. The summed E-state index contributed by atoms with van der Waals surface area (Å²) in [5.41, 5.74) is 0.996. The molecule has 2 aromatic carbocycles. The predicted octanol–water partition coefficient (Wildman–Crippen LogP) is 3.89. The van der Waals surface area contributed by atoms with Crippen LogP contribution in [0.3, 0.4) is 0 Å². The maximum absolute atomic E-state index is 11.5. The Kier molecular flexibility index (Phi) is 2.80. The van der Waals surface area contributed by atoms with Gasteiger partial charge >= 0.3 is 5.63 Å². The number of para-hydroxylation sites is 2. The van der Waals surface area contributed by atoms with E-state index in [2.05, 4.69) is 0 Å². The Morgan fingerprint density at radius 3 is 2.58 bits per heavy atom. The Bertz CT molecular complexity index is 773. The van der Waals surface area contributed by atoms with Gasteiger partial charge in [-0.05, 0) is 30.7 Å². The highest BCUT2D eigenvalue weighted by molar-refractivity contribution is 5.85. The van der Waals surface area contributed by atoms with Crippen LogP contribution in [-0.4, -0.2) is 0 Å². The van der Waals surface area contributed by atoms with E-state index in [0.717, 1.165) is 10.9 Å². The van der Waals surface area contributed by atoms with Crippen LogP contribution < -0.4 is 10.4 Å². The number of hydrogen-bond donors (Lipinski definition) is 0. The zero-order chi connectivity index (χ0) is 13.2. The van der Waals surface area contributed by atoms with E-state index in [1.807, 2.05) is 49.4 Å². The van der Waals surface area contributed by atoms with Crippen LogP contribution >= 0.6 is 0 Å². The van der Waals surface area contributed by atoms with Gasteiger partial charge in [-0.3, -0.25) is 0 Å². The summed E-state index contributed by atoms with van der Waals surface area (Å²) in [6.45, 7) is 1.88. The molecule has 3 aromatic rings. The standard InChI is InChI=1S/C16H12O3/c1-11-10-15(17)19-16-13(11)8-5-9-14(16)18-12-6-3-2-4-7-12/h2-10H,1H3. The maximum atomic E-state index is 11.5. The quantitative estimate of drug-likeness (QED) is 0.649. The summed E-state index contributed by atoms with van der Waals surface area (Å²) in [5.74, 6) is 1.25. The van der Waals surface area contributed by atoms with Crippen LogP contribution in [0.5, 0.6) is 11.5 Å². The summed E-state index contributed by atoms with van der Waals surface area (Å²) in [4.78, 5) is 11.5. The lowest BCUT2D eigenvalue weighted by molar-refractivity contribution is 0.464. The van der Waals surface area contributed by atoms with E-state index in [1.54, 1.807) is 6.07 Å². The average Bonchev–Trinajstić information content (AvgIpc) is 2.41. The predicted molar refractivity (Wildman–Crippen MR) is 73.7 cm³/mol. The number of fused-ring (bicyclic) bond motifs is 1. The van der Waals surface area contributed by atoms with Crippen LogP contribution in [0.25, 0.3) is 11.0 Å². The highest BCUT2D eigenvalue weighted by atomic mass is 16.5. The minimum Gasteiger partial charge on any atom is -0.453 e. The second kappa shape index (κ2) is 4.61. The first-order chi connectivity index (χ1) is 9.24. The number of aryl methyl sites for hydroxylation is 1. The Morgan fingerprint density at radius 1 is 1.00 bits per heavy atom. The molecular formula is C16H12O3. The van der Waals surface area contributed by atoms with Crippen molar-refractivity contribution in [3.63, 3.8) is 0 Å². The van der Waals surface area contributed by atoms with Crippen LogP contribution in [0.4, 0.5) is 0 Å². The molecule has 0 unspecified atom stereocenters. The van der Waals surface area contributed by atoms with Crippen molar-refractivity contribution in [2.45, 2.75) is 6.92 Å². The molecule has 3 heteroatoms. The van der Waals surface area contributed by atoms with Crippen LogP contribution in [0.2, 0.25) is 0 Å². The van der Waals surface area contributed by atoms with Gasteiger partial charge in [0, 0.05) is 11.5 Å². The number of benzene rings is 2. The van der Waals surface area contributed by atoms with Crippen LogP contribution in [-0.2, 0) is 0 Å². The number of hydrogen-bond acceptors (Lipinski definition) is 3. The van der Waals surface area contributed by atoms with Gasteiger partial charge in [0.1, 0.15) is 5.75 Å². The monoisotopic (exact) mass is 252 g/mol. The van der Waals surface area contributed by atoms with Gasteiger partial charge in [0.05, 0.1) is 0 Å². The SMILES string of the molecule is Cc1cc(=O)oc2c(Oc3ccccc3)cccc12. The van der Waals surface area contributed by atoms with Gasteiger partial charge in [-0.15, -0.1) is 0 Å². The summed E-state index contributed by atoms with van der Waals surface area (Å²) in [6.07, 6.45) is 0. The molecule has 0 aliphatic rings. The van der Waals surface area contributed by atoms with Crippen molar-refractivity contribution in [1.82, 2.24) is 0 Å². The Hall–Kier alpha value is -2.55. The fourth-order valence-corrected chi connectivity index (χ4v) is 2.01. The fraction of sp³-hybridized carbons (Fsp3) is 0.0625. The van der Waals surface area contributed by atoms with Crippen molar-refractivity contribution in [2.75, 3.05) is 0 Å². The largest absolute Gasteiger partial charge is 0.453 e. The molecule has 94 valence electrons. The molecule has 19 heavy (non-hydrogen) atoms. The molecule has 0 saturated heterocycles. The number of ether oxygens (including phenoxy) is 1. The van der Waals surface area contributed by atoms with Crippen molar-refractivity contribution in [3.05, 3.63) is 70.6 Å². The van der Waals surface area contributed by atoms with Gasteiger partial charge in [0.15, 0.2) is 11.3 Å². The molecule has 0 saturated carbocycles. The summed E-state index contributed by atoms with van der Waals surface area (Å²) >= 11 is 0. The Labute approximate surface area is 110 Å². The van der Waals surface area contributed by atoms with Crippen molar-refractivity contribution in [2.24, 2.45) is 0 Å². The third-order valence-corrected chi connectivity index (χ3v) is 2.91. The molecule has 0 aliphatic carbocycles. The molecule has 0 aliphatic heterocycles. The summed E-state index contributed by atoms with van der Waals surface area (Å²) in [7, 11) is 0. The highest BCUT2D eigenvalue weighted by Crippen LogP contribution is 2.30. The topological polar surface area (TPSA) is 39.4 Å². The van der Waals surface area contributed by atoms with Gasteiger partial charge in [0.2, 0.25) is 0 Å². The lowest BCUT2D eigenvalue weighted by atomic mass is 10.1. The van der Waals surface area contributed by atoms with Crippen LogP contribution in [0, 0.1) is 6.92 Å². The minimum absolute atomic E-state index is 0.367. The maximum Gasteiger partial charge on any atom is 0.336 e. The molecule has 0 amide bonds. The van der Waals surface area contributed by atoms with Crippen molar-refractivity contribution >= 4 is 11.0 Å². The van der Waals surface area contributed by atoms with E-state index < -0.39 is 0 Å². The van der Waals surface area contributed by atoms with Gasteiger partial charge in [-0.1, -0.05) is 30.3 Å². The minimum atomic E-state index is -0.367. The van der Waals surface area contributed by atoms with Crippen molar-refractivity contribution < 1.29 is 9.15 Å². The second-order valence-electron chi connectivity index (χ2n) is 4.30. The smallest absolute Gasteiger partial charge is 0.336 e. The molecule has 0 fully saturated rings. The summed E-state index contributed by atoms with van der Waals surface area (Å²) in [5, 5.41) is 0.882. The molecule has 0 spiro atoms. The van der Waals surface area contributed by atoms with Crippen molar-refractivity contribution in [1.29, 1.82) is 0 Å². The average molecular weight is 252 g/mol. The molecule has 0 bridgehead atoms. The Morgan fingerprint density at radius 2 is 1.79 bits per heavy atom. The van der Waals surface area contributed by atoms with E-state index >= 15 is 0 Å². The van der Waals surface area contributed by atoms with E-state index in [4.69, 9.17) is 9.15 Å². The summed E-state index contributed by atoms with van der Waals surface area (Å²) < 4.78 is 11.0. The second-order valence-corrected chi connectivity index (χ2v) is 4.30. The highest BCUT2D eigenvalue weighted by Gasteiger charge is 2.08. The van der Waals surface area contributed by atoms with E-state index in [1.165, 1.54) is 6.07 Å². The van der Waals surface area contributed by atoms with E-state index in [-0.39, 0.29) is 5.63 Å². The van der Waals surface area contributed by atoms with Crippen LogP contribution in [0.15, 0.2) is 63.8 Å². The first-order valence-corrected chi connectivity index (χ1v) is 6.00.